The van der Waals surface area contributed by atoms with Crippen LogP contribution in [0.15, 0.2) is 42.7 Å². The number of rotatable bonds is 5. The van der Waals surface area contributed by atoms with Gasteiger partial charge in [0.05, 0.1) is 6.20 Å². The van der Waals surface area contributed by atoms with Crippen LogP contribution in [0.25, 0.3) is 5.65 Å². The fraction of sp³-hybridized carbons (Fsp3) is 0.409. The number of carbonyl (C=O) groups excluding carboxylic acids is 1. The number of nitrogens with one attached hydrogen (secondary N) is 1. The molecule has 1 aliphatic rings. The Balaban J connectivity index is 1.46. The Morgan fingerprint density at radius 1 is 1.30 bits per heavy atom. The average molecular weight is 362 g/mol. The molecule has 1 aliphatic carbocycles. The van der Waals surface area contributed by atoms with Gasteiger partial charge in [-0.15, -0.1) is 0 Å². The zero-order valence-electron chi connectivity index (χ0n) is 16.0. The van der Waals surface area contributed by atoms with E-state index in [1.54, 1.807) is 6.20 Å². The standard InChI is InChI=1S/C22H26N4O/c1-15-8-11-20-18(12-15)13-23-21-19(14-24-26(20)21)22(27)25-16(2)9-10-17-6-4-3-5-7-17/h3-7,13-16H,8-12H2,1-2H3,(H,25,27)/t15-,16+/m0/s1. The number of amides is 1. The summed E-state index contributed by atoms with van der Waals surface area (Å²) >= 11 is 0. The normalized spacial score (nSPS) is 17.5. The molecule has 0 bridgehead atoms. The maximum atomic E-state index is 12.8. The van der Waals surface area contributed by atoms with E-state index in [4.69, 9.17) is 0 Å². The van der Waals surface area contributed by atoms with Crippen LogP contribution in [0.5, 0.6) is 0 Å². The molecule has 0 aliphatic heterocycles. The molecular weight excluding hydrogens is 336 g/mol. The summed E-state index contributed by atoms with van der Waals surface area (Å²) in [6.45, 7) is 4.31. The summed E-state index contributed by atoms with van der Waals surface area (Å²) < 4.78 is 1.87. The van der Waals surface area contributed by atoms with Crippen molar-refractivity contribution in [2.24, 2.45) is 5.92 Å². The second-order valence-corrected chi connectivity index (χ2v) is 7.77. The number of hydrogen-bond acceptors (Lipinski definition) is 3. The predicted molar refractivity (Wildman–Crippen MR) is 106 cm³/mol. The zero-order chi connectivity index (χ0) is 18.8. The first-order chi connectivity index (χ1) is 13.1. The smallest absolute Gasteiger partial charge is 0.256 e. The van der Waals surface area contributed by atoms with Gasteiger partial charge < -0.3 is 5.32 Å². The minimum absolute atomic E-state index is 0.0890. The van der Waals surface area contributed by atoms with Crippen molar-refractivity contribution in [1.82, 2.24) is 19.9 Å². The van der Waals surface area contributed by atoms with Gasteiger partial charge in [0.25, 0.3) is 5.91 Å². The van der Waals surface area contributed by atoms with Gasteiger partial charge in [-0.1, -0.05) is 37.3 Å². The number of aryl methyl sites for hydroxylation is 2. The minimum atomic E-state index is -0.0952. The van der Waals surface area contributed by atoms with E-state index in [0.29, 0.717) is 17.1 Å². The molecule has 5 nitrogen and oxygen atoms in total. The fourth-order valence-electron chi connectivity index (χ4n) is 3.87. The third-order valence-electron chi connectivity index (χ3n) is 5.49. The third kappa shape index (κ3) is 3.72. The number of hydrogen-bond donors (Lipinski definition) is 1. The lowest BCUT2D eigenvalue weighted by Gasteiger charge is -2.21. The van der Waals surface area contributed by atoms with Crippen LogP contribution in [-0.2, 0) is 19.3 Å². The van der Waals surface area contributed by atoms with Crippen LogP contribution in [0.2, 0.25) is 0 Å². The molecule has 3 aromatic rings. The van der Waals surface area contributed by atoms with Gasteiger partial charge in [0.15, 0.2) is 5.65 Å². The number of aromatic nitrogens is 3. The predicted octanol–water partition coefficient (Wildman–Crippen LogP) is 3.61. The lowest BCUT2D eigenvalue weighted by Crippen LogP contribution is -2.33. The van der Waals surface area contributed by atoms with E-state index in [9.17, 15) is 4.79 Å². The summed E-state index contributed by atoms with van der Waals surface area (Å²) in [6, 6.07) is 10.4. The first kappa shape index (κ1) is 17.7. The Morgan fingerprint density at radius 2 is 2.11 bits per heavy atom. The highest BCUT2D eigenvalue weighted by molar-refractivity contribution is 5.99. The van der Waals surface area contributed by atoms with Crippen LogP contribution < -0.4 is 5.32 Å². The van der Waals surface area contributed by atoms with Crippen molar-refractivity contribution in [3.63, 3.8) is 0 Å². The van der Waals surface area contributed by atoms with Crippen LogP contribution in [0.4, 0.5) is 0 Å². The summed E-state index contributed by atoms with van der Waals surface area (Å²) in [4.78, 5) is 17.3. The van der Waals surface area contributed by atoms with Gasteiger partial charge in [0, 0.05) is 17.9 Å². The van der Waals surface area contributed by atoms with Gasteiger partial charge in [-0.3, -0.25) is 4.79 Å². The Hall–Kier alpha value is -2.69. The SMILES string of the molecule is C[C@H]1CCc2c(cnc3c(C(=O)N[C@H](C)CCc4ccccc4)cnn23)C1. The van der Waals surface area contributed by atoms with E-state index in [-0.39, 0.29) is 11.9 Å². The molecule has 1 aromatic carbocycles. The topological polar surface area (TPSA) is 59.3 Å². The Kier molecular flexibility index (Phi) is 4.92. The summed E-state index contributed by atoms with van der Waals surface area (Å²) in [5.41, 5.74) is 4.97. The molecular formula is C22H26N4O. The molecule has 0 unspecified atom stereocenters. The van der Waals surface area contributed by atoms with Crippen molar-refractivity contribution in [3.8, 4) is 0 Å². The molecule has 0 spiro atoms. The van der Waals surface area contributed by atoms with Crippen LogP contribution in [0.1, 0.15) is 53.9 Å². The largest absolute Gasteiger partial charge is 0.349 e. The summed E-state index contributed by atoms with van der Waals surface area (Å²) in [5, 5.41) is 7.57. The second-order valence-electron chi connectivity index (χ2n) is 7.77. The van der Waals surface area contributed by atoms with Gasteiger partial charge in [0.1, 0.15) is 5.56 Å². The van der Waals surface area contributed by atoms with E-state index in [2.05, 4.69) is 34.5 Å². The van der Waals surface area contributed by atoms with Crippen molar-refractivity contribution in [3.05, 3.63) is 65.1 Å². The van der Waals surface area contributed by atoms with Crippen molar-refractivity contribution in [1.29, 1.82) is 0 Å². The number of nitrogens with zero attached hydrogens (tertiary/aromatic N) is 3. The maximum Gasteiger partial charge on any atom is 0.256 e. The molecule has 0 saturated carbocycles. The molecule has 1 N–H and O–H groups in total. The molecule has 0 saturated heterocycles. The summed E-state index contributed by atoms with van der Waals surface area (Å²) in [7, 11) is 0. The lowest BCUT2D eigenvalue weighted by molar-refractivity contribution is 0.0940. The molecule has 2 heterocycles. The van der Waals surface area contributed by atoms with Crippen LogP contribution in [0.3, 0.4) is 0 Å². The number of fused-ring (bicyclic) bond motifs is 3. The minimum Gasteiger partial charge on any atom is -0.349 e. The van der Waals surface area contributed by atoms with Crippen molar-refractivity contribution >= 4 is 11.6 Å². The Bertz CT molecular complexity index is 948. The van der Waals surface area contributed by atoms with E-state index < -0.39 is 0 Å². The van der Waals surface area contributed by atoms with E-state index in [1.807, 2.05) is 35.8 Å². The monoisotopic (exact) mass is 362 g/mol. The molecule has 1 amide bonds. The molecule has 0 fully saturated rings. The molecule has 2 atom stereocenters. The molecule has 140 valence electrons. The molecule has 2 aromatic heterocycles. The molecule has 27 heavy (non-hydrogen) atoms. The van der Waals surface area contributed by atoms with Crippen LogP contribution >= 0.6 is 0 Å². The highest BCUT2D eigenvalue weighted by Gasteiger charge is 2.22. The van der Waals surface area contributed by atoms with Crippen molar-refractivity contribution in [2.45, 2.75) is 52.0 Å². The van der Waals surface area contributed by atoms with Crippen LogP contribution in [-0.4, -0.2) is 26.5 Å². The average Bonchev–Trinajstić information content (AvgIpc) is 3.11. The summed E-state index contributed by atoms with van der Waals surface area (Å²) in [6.07, 6.45) is 8.61. The second kappa shape index (κ2) is 7.51. The molecule has 0 radical (unpaired) electrons. The molecule has 5 heteroatoms. The quantitative estimate of drug-likeness (QED) is 0.754. The molecule has 4 rings (SSSR count). The number of carbonyl (C=O) groups is 1. The van der Waals surface area contributed by atoms with Gasteiger partial charge >= 0.3 is 0 Å². The van der Waals surface area contributed by atoms with E-state index >= 15 is 0 Å². The number of benzene rings is 1. The Labute approximate surface area is 159 Å². The van der Waals surface area contributed by atoms with Gasteiger partial charge in [-0.05, 0) is 56.1 Å². The first-order valence-electron chi connectivity index (χ1n) is 9.81. The highest BCUT2D eigenvalue weighted by Crippen LogP contribution is 2.25. The van der Waals surface area contributed by atoms with E-state index in [0.717, 1.165) is 32.1 Å². The van der Waals surface area contributed by atoms with Crippen LogP contribution in [0, 0.1) is 5.92 Å². The van der Waals surface area contributed by atoms with Gasteiger partial charge in [0.2, 0.25) is 0 Å². The highest BCUT2D eigenvalue weighted by atomic mass is 16.1. The zero-order valence-corrected chi connectivity index (χ0v) is 16.0. The van der Waals surface area contributed by atoms with Gasteiger partial charge in [-0.2, -0.15) is 5.10 Å². The van der Waals surface area contributed by atoms with Crippen molar-refractivity contribution < 1.29 is 4.79 Å². The van der Waals surface area contributed by atoms with Gasteiger partial charge in [-0.25, -0.2) is 9.50 Å². The fourth-order valence-corrected chi connectivity index (χ4v) is 3.87. The Morgan fingerprint density at radius 3 is 2.93 bits per heavy atom. The van der Waals surface area contributed by atoms with Crippen molar-refractivity contribution in [2.75, 3.05) is 0 Å². The maximum absolute atomic E-state index is 12.8. The van der Waals surface area contributed by atoms with E-state index in [1.165, 1.54) is 16.8 Å². The summed E-state index contributed by atoms with van der Waals surface area (Å²) in [5.74, 6) is 0.586. The lowest BCUT2D eigenvalue weighted by atomic mass is 9.89. The third-order valence-corrected chi connectivity index (χ3v) is 5.49. The first-order valence-corrected chi connectivity index (χ1v) is 9.81.